The van der Waals surface area contributed by atoms with E-state index in [4.69, 9.17) is 0 Å². The summed E-state index contributed by atoms with van der Waals surface area (Å²) in [6, 6.07) is 15.4. The molecular weight excluding hydrogens is 412 g/mol. The van der Waals surface area contributed by atoms with Crippen molar-refractivity contribution in [1.29, 1.82) is 0 Å². The molecule has 0 saturated carbocycles. The summed E-state index contributed by atoms with van der Waals surface area (Å²) in [4.78, 5) is 26.6. The molecule has 0 bridgehead atoms. The Morgan fingerprint density at radius 1 is 0.970 bits per heavy atom. The van der Waals surface area contributed by atoms with Gasteiger partial charge in [-0.2, -0.15) is 5.10 Å². The molecule has 0 saturated heterocycles. The highest BCUT2D eigenvalue weighted by Gasteiger charge is 2.13. The molecule has 1 heterocycles. The number of hydrogen-bond acceptors (Lipinski definition) is 3. The number of carbonyl (C=O) groups is 2. The second-order valence-electron chi connectivity index (χ2n) is 8.11. The maximum Gasteiger partial charge on any atom is 0.253 e. The van der Waals surface area contributed by atoms with Gasteiger partial charge in [-0.05, 0) is 70.5 Å². The van der Waals surface area contributed by atoms with Crippen LogP contribution in [0, 0.1) is 20.8 Å². The topological polar surface area (TPSA) is 67.2 Å². The van der Waals surface area contributed by atoms with Gasteiger partial charge in [0.25, 0.3) is 5.91 Å². The van der Waals surface area contributed by atoms with E-state index in [1.807, 2.05) is 32.4 Å². The van der Waals surface area contributed by atoms with Crippen LogP contribution in [0.15, 0.2) is 54.6 Å². The molecule has 0 atom stereocenters. The number of aromatic nitrogens is 2. The Bertz CT molecular complexity index is 1140. The fourth-order valence-corrected chi connectivity index (χ4v) is 3.70. The van der Waals surface area contributed by atoms with Gasteiger partial charge in [-0.3, -0.25) is 14.3 Å². The quantitative estimate of drug-likeness (QED) is 0.498. The Hall–Kier alpha value is -3.67. The second kappa shape index (κ2) is 10.8. The van der Waals surface area contributed by atoms with Crippen LogP contribution in [0.4, 0.5) is 5.69 Å². The maximum absolute atomic E-state index is 12.5. The van der Waals surface area contributed by atoms with Crippen LogP contribution in [0.25, 0.3) is 6.08 Å². The number of anilines is 1. The molecule has 33 heavy (non-hydrogen) atoms. The Balaban J connectivity index is 1.65. The van der Waals surface area contributed by atoms with Gasteiger partial charge in [0.1, 0.15) is 0 Å². The van der Waals surface area contributed by atoms with Gasteiger partial charge in [0, 0.05) is 41.7 Å². The zero-order chi connectivity index (χ0) is 24.0. The third-order valence-electron chi connectivity index (χ3n) is 5.74. The Morgan fingerprint density at radius 3 is 2.21 bits per heavy atom. The molecule has 6 nitrogen and oxygen atoms in total. The van der Waals surface area contributed by atoms with Crippen molar-refractivity contribution < 1.29 is 9.59 Å². The number of amides is 2. The number of rotatable bonds is 8. The van der Waals surface area contributed by atoms with Crippen molar-refractivity contribution in [3.8, 4) is 0 Å². The average molecular weight is 445 g/mol. The van der Waals surface area contributed by atoms with Gasteiger partial charge in [-0.1, -0.05) is 29.8 Å². The average Bonchev–Trinajstić information content (AvgIpc) is 3.07. The monoisotopic (exact) mass is 444 g/mol. The van der Waals surface area contributed by atoms with Crippen LogP contribution in [0.5, 0.6) is 0 Å². The number of nitrogens with zero attached hydrogens (tertiary/aromatic N) is 3. The SMILES string of the molecule is CCN(CC)C(=O)c1ccc(NC(=O)C=Cc2c(C)nn(Cc3ccc(C)cc3)c2C)cc1. The Kier molecular flexibility index (Phi) is 7.83. The number of nitrogens with one attached hydrogen (secondary N) is 1. The lowest BCUT2D eigenvalue weighted by molar-refractivity contribution is -0.111. The minimum atomic E-state index is -0.233. The molecular formula is C27H32N4O2. The molecule has 0 aliphatic rings. The lowest BCUT2D eigenvalue weighted by atomic mass is 10.1. The minimum absolute atomic E-state index is 0.00799. The first-order valence-electron chi connectivity index (χ1n) is 11.3. The summed E-state index contributed by atoms with van der Waals surface area (Å²) < 4.78 is 1.96. The van der Waals surface area contributed by atoms with E-state index in [1.54, 1.807) is 35.2 Å². The smallest absolute Gasteiger partial charge is 0.253 e. The predicted octanol–water partition coefficient (Wildman–Crippen LogP) is 4.99. The fraction of sp³-hybridized carbons (Fsp3) is 0.296. The van der Waals surface area contributed by atoms with Gasteiger partial charge < -0.3 is 10.2 Å². The van der Waals surface area contributed by atoms with Gasteiger partial charge in [0.2, 0.25) is 5.91 Å². The van der Waals surface area contributed by atoms with E-state index in [1.165, 1.54) is 17.2 Å². The molecule has 0 spiro atoms. The van der Waals surface area contributed by atoms with Crippen molar-refractivity contribution in [1.82, 2.24) is 14.7 Å². The van der Waals surface area contributed by atoms with Gasteiger partial charge in [-0.25, -0.2) is 0 Å². The summed E-state index contributed by atoms with van der Waals surface area (Å²) in [5.74, 6) is -0.241. The third kappa shape index (κ3) is 5.98. The van der Waals surface area contributed by atoms with Gasteiger partial charge in [-0.15, -0.1) is 0 Å². The summed E-state index contributed by atoms with van der Waals surface area (Å²) in [6.07, 6.45) is 3.32. The predicted molar refractivity (Wildman–Crippen MR) is 133 cm³/mol. The maximum atomic E-state index is 12.5. The molecule has 172 valence electrons. The van der Waals surface area contributed by atoms with E-state index in [9.17, 15) is 9.59 Å². The largest absolute Gasteiger partial charge is 0.339 e. The number of carbonyl (C=O) groups excluding carboxylic acids is 2. The second-order valence-corrected chi connectivity index (χ2v) is 8.11. The molecule has 0 radical (unpaired) electrons. The molecule has 0 aliphatic heterocycles. The lowest BCUT2D eigenvalue weighted by Crippen LogP contribution is -2.30. The van der Waals surface area contributed by atoms with Crippen LogP contribution >= 0.6 is 0 Å². The molecule has 0 unspecified atom stereocenters. The first-order chi connectivity index (χ1) is 15.8. The van der Waals surface area contributed by atoms with Gasteiger partial charge >= 0.3 is 0 Å². The number of hydrogen-bond donors (Lipinski definition) is 1. The summed E-state index contributed by atoms with van der Waals surface area (Å²) in [5, 5.41) is 7.49. The van der Waals surface area contributed by atoms with Crippen LogP contribution in [0.2, 0.25) is 0 Å². The van der Waals surface area contributed by atoms with Crippen LogP contribution < -0.4 is 5.32 Å². The molecule has 1 N–H and O–H groups in total. The zero-order valence-corrected chi connectivity index (χ0v) is 20.1. The zero-order valence-electron chi connectivity index (χ0n) is 20.1. The standard InChI is InChI=1S/C27H32N4O2/c1-6-30(7-2)27(33)23-12-14-24(15-13-23)28-26(32)17-16-25-20(4)29-31(21(25)5)18-22-10-8-19(3)9-11-22/h8-17H,6-7,18H2,1-5H3,(H,28,32). The summed E-state index contributed by atoms with van der Waals surface area (Å²) in [6.45, 7) is 12.0. The highest BCUT2D eigenvalue weighted by molar-refractivity contribution is 6.02. The highest BCUT2D eigenvalue weighted by Crippen LogP contribution is 2.17. The van der Waals surface area contributed by atoms with Crippen molar-refractivity contribution >= 4 is 23.6 Å². The molecule has 6 heteroatoms. The van der Waals surface area contributed by atoms with Crippen LogP contribution in [-0.4, -0.2) is 39.6 Å². The van der Waals surface area contributed by atoms with Gasteiger partial charge in [0.05, 0.1) is 12.2 Å². The van der Waals surface area contributed by atoms with Crippen LogP contribution in [-0.2, 0) is 11.3 Å². The van der Waals surface area contributed by atoms with E-state index in [-0.39, 0.29) is 11.8 Å². The molecule has 3 aromatic rings. The van der Waals surface area contributed by atoms with Crippen molar-refractivity contribution in [2.24, 2.45) is 0 Å². The molecule has 2 aromatic carbocycles. The normalized spacial score (nSPS) is 11.1. The Morgan fingerprint density at radius 2 is 1.61 bits per heavy atom. The fourth-order valence-electron chi connectivity index (χ4n) is 3.70. The summed E-state index contributed by atoms with van der Waals surface area (Å²) in [7, 11) is 0. The van der Waals surface area contributed by atoms with Gasteiger partial charge in [0.15, 0.2) is 0 Å². The molecule has 1 aromatic heterocycles. The summed E-state index contributed by atoms with van der Waals surface area (Å²) >= 11 is 0. The van der Waals surface area contributed by atoms with Crippen LogP contribution in [0.3, 0.4) is 0 Å². The number of benzene rings is 2. The van der Waals surface area contributed by atoms with E-state index < -0.39 is 0 Å². The van der Waals surface area contributed by atoms with E-state index in [2.05, 4.69) is 41.6 Å². The van der Waals surface area contributed by atoms with Crippen LogP contribution in [0.1, 0.15) is 52.3 Å². The molecule has 2 amide bonds. The summed E-state index contributed by atoms with van der Waals surface area (Å²) in [5.41, 5.74) is 6.50. The molecule has 3 rings (SSSR count). The van der Waals surface area contributed by atoms with Crippen molar-refractivity contribution in [2.45, 2.75) is 41.2 Å². The van der Waals surface area contributed by atoms with E-state index >= 15 is 0 Å². The number of aryl methyl sites for hydroxylation is 2. The van der Waals surface area contributed by atoms with Crippen molar-refractivity contribution in [2.75, 3.05) is 18.4 Å². The van der Waals surface area contributed by atoms with E-state index in [0.717, 1.165) is 17.0 Å². The Labute approximate surface area is 195 Å². The first-order valence-corrected chi connectivity index (χ1v) is 11.3. The minimum Gasteiger partial charge on any atom is -0.339 e. The first kappa shape index (κ1) is 24.0. The lowest BCUT2D eigenvalue weighted by Gasteiger charge is -2.18. The van der Waals surface area contributed by atoms with Crippen molar-refractivity contribution in [3.05, 3.63) is 88.2 Å². The van der Waals surface area contributed by atoms with E-state index in [0.29, 0.717) is 30.9 Å². The highest BCUT2D eigenvalue weighted by atomic mass is 16.2. The third-order valence-corrected chi connectivity index (χ3v) is 5.74. The molecule has 0 fully saturated rings. The van der Waals surface area contributed by atoms with Crippen molar-refractivity contribution in [3.63, 3.8) is 0 Å². The molecule has 0 aliphatic carbocycles.